The molecular formula is C23H32N2O5. The van der Waals surface area contributed by atoms with Gasteiger partial charge in [0, 0.05) is 39.5 Å². The first kappa shape index (κ1) is 21.1. The number of likely N-dealkylation sites (tertiary alicyclic amines) is 1. The molecule has 2 amide bonds. The first-order valence-electron chi connectivity index (χ1n) is 10.9. The molecule has 4 rings (SSSR count). The largest absolute Gasteiger partial charge is 0.497 e. The van der Waals surface area contributed by atoms with Gasteiger partial charge in [0.05, 0.1) is 18.6 Å². The van der Waals surface area contributed by atoms with Crippen LogP contribution in [-0.4, -0.2) is 80.8 Å². The molecule has 7 nitrogen and oxygen atoms in total. The summed E-state index contributed by atoms with van der Waals surface area (Å²) in [5, 5.41) is 0. The third kappa shape index (κ3) is 4.05. The molecule has 0 aromatic heterocycles. The lowest BCUT2D eigenvalue weighted by Crippen LogP contribution is -2.52. The number of hydrogen-bond acceptors (Lipinski definition) is 5. The normalized spacial score (nSPS) is 23.3. The number of hydrogen-bond donors (Lipinski definition) is 0. The molecule has 1 saturated carbocycles. The van der Waals surface area contributed by atoms with Crippen molar-refractivity contribution >= 4 is 11.8 Å². The van der Waals surface area contributed by atoms with Crippen molar-refractivity contribution in [1.29, 1.82) is 0 Å². The SMILES string of the molecule is COCC(=O)N(C1CCOCC1)C1CCN(C(=O)C2(c3ccc(OC)cc3)CC2)C1. The van der Waals surface area contributed by atoms with E-state index in [1.165, 1.54) is 0 Å². The van der Waals surface area contributed by atoms with Gasteiger partial charge in [-0.15, -0.1) is 0 Å². The van der Waals surface area contributed by atoms with Crippen LogP contribution < -0.4 is 4.74 Å². The van der Waals surface area contributed by atoms with Crippen molar-refractivity contribution < 1.29 is 23.8 Å². The van der Waals surface area contributed by atoms with Gasteiger partial charge in [0.15, 0.2) is 0 Å². The fraction of sp³-hybridized carbons (Fsp3) is 0.652. The number of amides is 2. The Bertz CT molecular complexity index is 755. The van der Waals surface area contributed by atoms with Crippen LogP contribution in [0.5, 0.6) is 5.75 Å². The predicted octanol–water partition coefficient (Wildman–Crippen LogP) is 1.98. The zero-order valence-corrected chi connectivity index (χ0v) is 18.0. The van der Waals surface area contributed by atoms with Crippen LogP contribution in [0, 0.1) is 0 Å². The summed E-state index contributed by atoms with van der Waals surface area (Å²) in [5.74, 6) is 1.01. The molecule has 0 radical (unpaired) electrons. The van der Waals surface area contributed by atoms with Crippen LogP contribution in [0.3, 0.4) is 0 Å². The van der Waals surface area contributed by atoms with Crippen LogP contribution in [0.15, 0.2) is 24.3 Å². The lowest BCUT2D eigenvalue weighted by molar-refractivity contribution is -0.143. The van der Waals surface area contributed by atoms with Crippen molar-refractivity contribution in [1.82, 2.24) is 9.80 Å². The number of benzene rings is 1. The van der Waals surface area contributed by atoms with E-state index in [4.69, 9.17) is 14.2 Å². The molecule has 0 bridgehead atoms. The summed E-state index contributed by atoms with van der Waals surface area (Å²) in [7, 11) is 3.20. The van der Waals surface area contributed by atoms with Gasteiger partial charge in [-0.05, 0) is 49.8 Å². The van der Waals surface area contributed by atoms with Crippen LogP contribution in [-0.2, 0) is 24.5 Å². The van der Waals surface area contributed by atoms with Gasteiger partial charge < -0.3 is 24.0 Å². The third-order valence-corrected chi connectivity index (χ3v) is 6.79. The summed E-state index contributed by atoms with van der Waals surface area (Å²) < 4.78 is 15.9. The first-order chi connectivity index (χ1) is 14.6. The van der Waals surface area contributed by atoms with Crippen LogP contribution in [0.25, 0.3) is 0 Å². The quantitative estimate of drug-likeness (QED) is 0.680. The van der Waals surface area contributed by atoms with Crippen molar-refractivity contribution in [3.63, 3.8) is 0 Å². The summed E-state index contributed by atoms with van der Waals surface area (Å²) in [6, 6.07) is 8.07. The number of rotatable bonds is 7. The minimum Gasteiger partial charge on any atom is -0.497 e. The lowest BCUT2D eigenvalue weighted by atomic mass is 9.94. The zero-order chi connectivity index (χ0) is 21.1. The smallest absolute Gasteiger partial charge is 0.249 e. The van der Waals surface area contributed by atoms with E-state index in [-0.39, 0.29) is 30.5 Å². The Labute approximate surface area is 178 Å². The van der Waals surface area contributed by atoms with Crippen molar-refractivity contribution in [2.45, 2.75) is 49.6 Å². The van der Waals surface area contributed by atoms with Crippen molar-refractivity contribution in [2.75, 3.05) is 47.1 Å². The number of methoxy groups -OCH3 is 2. The molecule has 1 aliphatic carbocycles. The molecule has 1 atom stereocenters. The van der Waals surface area contributed by atoms with Gasteiger partial charge in [-0.1, -0.05) is 12.1 Å². The second-order valence-corrected chi connectivity index (χ2v) is 8.58. The van der Waals surface area contributed by atoms with E-state index in [1.807, 2.05) is 34.1 Å². The molecule has 2 heterocycles. The molecule has 2 aliphatic heterocycles. The molecule has 0 N–H and O–H groups in total. The standard InChI is InChI=1S/C23H32N2O5/c1-28-16-21(26)25(18-8-13-30-14-9-18)19-7-12-24(15-19)22(27)23(10-11-23)17-3-5-20(29-2)6-4-17/h3-6,18-19H,7-16H2,1-2H3. The number of nitrogens with zero attached hydrogens (tertiary/aromatic N) is 2. The summed E-state index contributed by atoms with van der Waals surface area (Å²) in [5.41, 5.74) is 0.662. The van der Waals surface area contributed by atoms with Gasteiger partial charge in [-0.25, -0.2) is 0 Å². The molecular weight excluding hydrogens is 384 g/mol. The van der Waals surface area contributed by atoms with Crippen molar-refractivity contribution in [2.24, 2.45) is 0 Å². The Morgan fingerprint density at radius 2 is 1.80 bits per heavy atom. The molecule has 1 aromatic carbocycles. The van der Waals surface area contributed by atoms with E-state index in [1.54, 1.807) is 14.2 Å². The maximum Gasteiger partial charge on any atom is 0.249 e. The summed E-state index contributed by atoms with van der Waals surface area (Å²) >= 11 is 0. The van der Waals surface area contributed by atoms with E-state index in [0.717, 1.165) is 43.4 Å². The monoisotopic (exact) mass is 416 g/mol. The second kappa shape index (κ2) is 8.94. The number of carbonyl (C=O) groups excluding carboxylic acids is 2. The summed E-state index contributed by atoms with van der Waals surface area (Å²) in [4.78, 5) is 30.3. The molecule has 1 unspecified atom stereocenters. The molecule has 0 spiro atoms. The summed E-state index contributed by atoms with van der Waals surface area (Å²) in [6.45, 7) is 2.73. The van der Waals surface area contributed by atoms with Crippen molar-refractivity contribution in [3.8, 4) is 5.75 Å². The van der Waals surface area contributed by atoms with Crippen molar-refractivity contribution in [3.05, 3.63) is 29.8 Å². The van der Waals surface area contributed by atoms with Gasteiger partial charge in [0.25, 0.3) is 0 Å². The van der Waals surface area contributed by atoms with E-state index in [9.17, 15) is 9.59 Å². The maximum absolute atomic E-state index is 13.5. The van der Waals surface area contributed by atoms with E-state index < -0.39 is 5.41 Å². The Kier molecular flexibility index (Phi) is 6.29. The first-order valence-corrected chi connectivity index (χ1v) is 10.9. The highest BCUT2D eigenvalue weighted by Crippen LogP contribution is 2.50. The van der Waals surface area contributed by atoms with Crippen LogP contribution in [0.4, 0.5) is 0 Å². The number of ether oxygens (including phenoxy) is 3. The fourth-order valence-electron chi connectivity index (χ4n) is 4.98. The van der Waals surface area contributed by atoms with Gasteiger partial charge in [0.2, 0.25) is 11.8 Å². The Morgan fingerprint density at radius 3 is 2.40 bits per heavy atom. The van der Waals surface area contributed by atoms with Gasteiger partial charge in [-0.3, -0.25) is 9.59 Å². The third-order valence-electron chi connectivity index (χ3n) is 6.79. The highest BCUT2D eigenvalue weighted by molar-refractivity contribution is 5.91. The molecule has 1 aromatic rings. The number of carbonyl (C=O) groups is 2. The van der Waals surface area contributed by atoms with Gasteiger partial charge >= 0.3 is 0 Å². The summed E-state index contributed by atoms with van der Waals surface area (Å²) in [6.07, 6.45) is 4.26. The Hall–Kier alpha value is -2.12. The van der Waals surface area contributed by atoms with E-state index in [2.05, 4.69) is 0 Å². The highest BCUT2D eigenvalue weighted by atomic mass is 16.5. The van der Waals surface area contributed by atoms with Crippen LogP contribution in [0.2, 0.25) is 0 Å². The maximum atomic E-state index is 13.5. The average molecular weight is 417 g/mol. The minimum atomic E-state index is -0.402. The average Bonchev–Trinajstić information content (AvgIpc) is 3.46. The van der Waals surface area contributed by atoms with Gasteiger partial charge in [-0.2, -0.15) is 0 Å². The van der Waals surface area contributed by atoms with E-state index >= 15 is 0 Å². The van der Waals surface area contributed by atoms with Gasteiger partial charge in [0.1, 0.15) is 12.4 Å². The molecule has 3 aliphatic rings. The predicted molar refractivity (Wildman–Crippen MR) is 111 cm³/mol. The van der Waals surface area contributed by atoms with Crippen LogP contribution in [0.1, 0.15) is 37.7 Å². The second-order valence-electron chi connectivity index (χ2n) is 8.58. The molecule has 164 valence electrons. The topological polar surface area (TPSA) is 68.3 Å². The van der Waals surface area contributed by atoms with E-state index in [0.29, 0.717) is 26.3 Å². The molecule has 3 fully saturated rings. The molecule has 2 saturated heterocycles. The molecule has 30 heavy (non-hydrogen) atoms. The lowest BCUT2D eigenvalue weighted by Gasteiger charge is -2.38. The Morgan fingerprint density at radius 1 is 1.10 bits per heavy atom. The highest BCUT2D eigenvalue weighted by Gasteiger charge is 2.54. The molecule has 7 heteroatoms. The van der Waals surface area contributed by atoms with Crippen LogP contribution >= 0.6 is 0 Å². The zero-order valence-electron chi connectivity index (χ0n) is 18.0. The Balaban J connectivity index is 1.46. The minimum absolute atomic E-state index is 0.0139. The fourth-order valence-corrected chi connectivity index (χ4v) is 4.98.